The molecule has 0 aromatic heterocycles. The smallest absolute Gasteiger partial charge is 0.306 e. The van der Waals surface area contributed by atoms with Gasteiger partial charge in [-0.15, -0.1) is 0 Å². The summed E-state index contributed by atoms with van der Waals surface area (Å²) in [4.78, 5) is 38.3. The SMILES string of the molecule is CC/C=C\C/C=C\C/C=C\C/C=C\C/C=C\C/C=C\C/C=C\CCCCCCCC(=O)OCC(COC(=O)CCCCCCC/C=C\CCCCCC)OC(=O)CCCCCCCCCCC/C=C\CCCCCCCC. The Kier molecular flexibility index (Phi) is 61.3. The monoisotopic (exact) mass is 1070 g/mol. The van der Waals surface area contributed by atoms with Gasteiger partial charge in [0.15, 0.2) is 6.10 Å². The molecule has 0 amide bonds. The molecule has 0 aromatic rings. The predicted octanol–water partition coefficient (Wildman–Crippen LogP) is 22.2. The molecule has 0 N–H and O–H groups in total. The molecule has 0 radical (unpaired) electrons. The Balaban J connectivity index is 4.38. The molecule has 6 nitrogen and oxygen atoms in total. The van der Waals surface area contributed by atoms with Crippen molar-refractivity contribution in [2.75, 3.05) is 13.2 Å². The van der Waals surface area contributed by atoms with Crippen molar-refractivity contribution in [2.45, 2.75) is 309 Å². The summed E-state index contributed by atoms with van der Waals surface area (Å²) in [5.74, 6) is -0.912. The largest absolute Gasteiger partial charge is 0.462 e. The van der Waals surface area contributed by atoms with E-state index in [1.165, 1.54) is 135 Å². The maximum Gasteiger partial charge on any atom is 0.306 e. The zero-order valence-electron chi connectivity index (χ0n) is 50.4. The Labute approximate surface area is 476 Å². The second-order valence-electron chi connectivity index (χ2n) is 21.3. The number of hydrogen-bond donors (Lipinski definition) is 0. The van der Waals surface area contributed by atoms with Gasteiger partial charge in [0.05, 0.1) is 0 Å². The Bertz CT molecular complexity index is 1560. The van der Waals surface area contributed by atoms with Crippen molar-refractivity contribution in [2.24, 2.45) is 0 Å². The molecule has 0 rings (SSSR count). The lowest BCUT2D eigenvalue weighted by Crippen LogP contribution is -2.30. The van der Waals surface area contributed by atoms with Gasteiger partial charge in [0.2, 0.25) is 0 Å². The first-order valence-corrected chi connectivity index (χ1v) is 32.4. The molecule has 0 saturated carbocycles. The second kappa shape index (κ2) is 64.6. The average Bonchev–Trinajstić information content (AvgIpc) is 3.43. The van der Waals surface area contributed by atoms with E-state index in [2.05, 4.69) is 130 Å². The summed E-state index contributed by atoms with van der Waals surface area (Å²) in [5, 5.41) is 0. The molecule has 0 heterocycles. The molecule has 0 bridgehead atoms. The minimum atomic E-state index is -0.793. The zero-order valence-corrected chi connectivity index (χ0v) is 50.4. The lowest BCUT2D eigenvalue weighted by atomic mass is 10.1. The summed E-state index contributed by atoms with van der Waals surface area (Å²) in [7, 11) is 0. The van der Waals surface area contributed by atoms with Crippen LogP contribution in [0.4, 0.5) is 0 Å². The quantitative estimate of drug-likeness (QED) is 0.0261. The van der Waals surface area contributed by atoms with Gasteiger partial charge in [-0.25, -0.2) is 0 Å². The summed E-state index contributed by atoms with van der Waals surface area (Å²) in [6, 6.07) is 0. The van der Waals surface area contributed by atoms with E-state index in [0.717, 1.165) is 128 Å². The van der Waals surface area contributed by atoms with Crippen LogP contribution in [0.25, 0.3) is 0 Å². The topological polar surface area (TPSA) is 78.9 Å². The van der Waals surface area contributed by atoms with Gasteiger partial charge in [-0.3, -0.25) is 14.4 Å². The summed E-state index contributed by atoms with van der Waals surface area (Å²) in [6.07, 6.45) is 88.0. The van der Waals surface area contributed by atoms with Crippen LogP contribution in [-0.4, -0.2) is 37.2 Å². The van der Waals surface area contributed by atoms with Crippen molar-refractivity contribution in [3.05, 3.63) is 109 Å². The predicted molar refractivity (Wildman–Crippen MR) is 334 cm³/mol. The van der Waals surface area contributed by atoms with Gasteiger partial charge in [-0.1, -0.05) is 265 Å². The minimum Gasteiger partial charge on any atom is -0.462 e. The molecule has 1 atom stereocenters. The molecule has 0 spiro atoms. The fraction of sp³-hybridized carbons (Fsp3) is 0.704. The maximum atomic E-state index is 12.9. The van der Waals surface area contributed by atoms with Crippen LogP contribution in [-0.2, 0) is 28.6 Å². The summed E-state index contributed by atoms with van der Waals surface area (Å²) in [6.45, 7) is 6.50. The molecule has 0 aliphatic carbocycles. The number of ether oxygens (including phenoxy) is 3. The molecule has 1 unspecified atom stereocenters. The third kappa shape index (κ3) is 62.8. The van der Waals surface area contributed by atoms with Crippen molar-refractivity contribution >= 4 is 17.9 Å². The molecule has 0 saturated heterocycles. The molecule has 0 aromatic carbocycles. The van der Waals surface area contributed by atoms with Gasteiger partial charge >= 0.3 is 17.9 Å². The second-order valence-corrected chi connectivity index (χ2v) is 21.3. The van der Waals surface area contributed by atoms with Crippen LogP contribution in [0.2, 0.25) is 0 Å². The Morgan fingerprint density at radius 2 is 0.506 bits per heavy atom. The summed E-state index contributed by atoms with van der Waals surface area (Å²) >= 11 is 0. The van der Waals surface area contributed by atoms with Crippen molar-refractivity contribution in [3.63, 3.8) is 0 Å². The molecule has 6 heteroatoms. The highest BCUT2D eigenvalue weighted by Gasteiger charge is 2.19. The summed E-state index contributed by atoms with van der Waals surface area (Å²) < 4.78 is 16.9. The average molecular weight is 1070 g/mol. The number of allylic oxidation sites excluding steroid dienone is 18. The van der Waals surface area contributed by atoms with Crippen LogP contribution < -0.4 is 0 Å². The summed E-state index contributed by atoms with van der Waals surface area (Å²) in [5.41, 5.74) is 0. The number of carbonyl (C=O) groups excluding carboxylic acids is 3. The van der Waals surface area contributed by atoms with Crippen LogP contribution in [0.15, 0.2) is 109 Å². The van der Waals surface area contributed by atoms with Crippen molar-refractivity contribution in [1.29, 1.82) is 0 Å². The van der Waals surface area contributed by atoms with Crippen molar-refractivity contribution < 1.29 is 28.6 Å². The first-order valence-electron chi connectivity index (χ1n) is 32.4. The van der Waals surface area contributed by atoms with Gasteiger partial charge in [0, 0.05) is 19.3 Å². The van der Waals surface area contributed by atoms with Crippen LogP contribution in [0, 0.1) is 0 Å². The van der Waals surface area contributed by atoms with E-state index >= 15 is 0 Å². The fourth-order valence-electron chi connectivity index (χ4n) is 8.88. The molecular weight excluding hydrogens is 949 g/mol. The number of carbonyl (C=O) groups is 3. The van der Waals surface area contributed by atoms with Crippen LogP contribution in [0.3, 0.4) is 0 Å². The van der Waals surface area contributed by atoms with Gasteiger partial charge in [-0.2, -0.15) is 0 Å². The lowest BCUT2D eigenvalue weighted by molar-refractivity contribution is -0.167. The number of esters is 3. The highest BCUT2D eigenvalue weighted by atomic mass is 16.6. The third-order valence-electron chi connectivity index (χ3n) is 13.7. The molecule has 0 aliphatic heterocycles. The normalized spacial score (nSPS) is 12.8. The lowest BCUT2D eigenvalue weighted by Gasteiger charge is -2.18. The Morgan fingerprint density at radius 3 is 0.818 bits per heavy atom. The van der Waals surface area contributed by atoms with E-state index in [4.69, 9.17) is 14.2 Å². The van der Waals surface area contributed by atoms with Gasteiger partial charge in [0.1, 0.15) is 13.2 Å². The molecule has 0 fully saturated rings. The van der Waals surface area contributed by atoms with Gasteiger partial charge in [-0.05, 0) is 128 Å². The molecular formula is C71H120O6. The Hall–Kier alpha value is -3.93. The van der Waals surface area contributed by atoms with Crippen LogP contribution in [0.5, 0.6) is 0 Å². The molecule has 0 aliphatic rings. The van der Waals surface area contributed by atoms with E-state index < -0.39 is 6.10 Å². The van der Waals surface area contributed by atoms with E-state index in [-0.39, 0.29) is 31.1 Å². The highest BCUT2D eigenvalue weighted by Crippen LogP contribution is 2.15. The van der Waals surface area contributed by atoms with E-state index in [1.807, 2.05) is 0 Å². The Morgan fingerprint density at radius 1 is 0.273 bits per heavy atom. The fourth-order valence-corrected chi connectivity index (χ4v) is 8.88. The highest BCUT2D eigenvalue weighted by molar-refractivity contribution is 5.71. The third-order valence-corrected chi connectivity index (χ3v) is 13.7. The minimum absolute atomic E-state index is 0.0893. The van der Waals surface area contributed by atoms with Gasteiger partial charge in [0.25, 0.3) is 0 Å². The van der Waals surface area contributed by atoms with Crippen LogP contribution in [0.1, 0.15) is 303 Å². The zero-order chi connectivity index (χ0) is 55.7. The molecule has 440 valence electrons. The van der Waals surface area contributed by atoms with E-state index in [9.17, 15) is 14.4 Å². The van der Waals surface area contributed by atoms with E-state index in [1.54, 1.807) is 0 Å². The number of unbranched alkanes of at least 4 members (excludes halogenated alkanes) is 29. The van der Waals surface area contributed by atoms with E-state index in [0.29, 0.717) is 19.3 Å². The number of hydrogen-bond acceptors (Lipinski definition) is 6. The number of rotatable bonds is 58. The van der Waals surface area contributed by atoms with Crippen LogP contribution >= 0.6 is 0 Å². The first-order chi connectivity index (χ1) is 38.0. The standard InChI is InChI=1S/C71H120O6/c1-4-7-10-13-16-19-22-25-27-29-31-32-33-34-35-36-37-38-40-41-43-46-49-52-55-58-61-64-70(73)76-67-68(66-75-69(72)63-60-57-54-51-48-45-24-21-18-15-12-9-6-3)77-71(74)65-62-59-56-53-50-47-44-42-39-30-28-26-23-20-17-14-11-8-5-2/h7,10,16,19,21,24-28,31-32,34-35,37-38,41,43,68H,4-6,8-9,11-15,17-18,20,22-23,29-30,33,36,39-40,42,44-67H2,1-3H3/b10-7-,19-16-,24-21-,27-25-,28-26-,32-31-,35-34-,38-37-,43-41-. The van der Waals surface area contributed by atoms with Crippen molar-refractivity contribution in [3.8, 4) is 0 Å². The molecule has 77 heavy (non-hydrogen) atoms. The first kappa shape index (κ1) is 73.1. The maximum absolute atomic E-state index is 12.9. The van der Waals surface area contributed by atoms with Crippen molar-refractivity contribution in [1.82, 2.24) is 0 Å². The van der Waals surface area contributed by atoms with Gasteiger partial charge < -0.3 is 14.2 Å².